The molecule has 0 saturated carbocycles. The number of allylic oxidation sites excluding steroid dienone is 4. The maximum absolute atomic E-state index is 14.2. The van der Waals surface area contributed by atoms with Crippen LogP contribution in [0.3, 0.4) is 0 Å². The number of nitrogens with one attached hydrogen (secondary N) is 2. The molecule has 0 atom stereocenters. The molecule has 0 spiro atoms. The first-order valence-corrected chi connectivity index (χ1v) is 6.90. The lowest BCUT2D eigenvalue weighted by Crippen LogP contribution is -2.28. The van der Waals surface area contributed by atoms with Crippen LogP contribution in [0, 0.1) is 12.3 Å². The van der Waals surface area contributed by atoms with Crippen LogP contribution in [0.4, 0.5) is 4.39 Å². The molecule has 0 aromatic carbocycles. The van der Waals surface area contributed by atoms with Crippen LogP contribution >= 0.6 is 0 Å². The lowest BCUT2D eigenvalue weighted by atomic mass is 10.1. The molecular formula is C15H14FN7. The number of rotatable bonds is 3. The van der Waals surface area contributed by atoms with Crippen molar-refractivity contribution in [2.75, 3.05) is 0 Å². The van der Waals surface area contributed by atoms with Gasteiger partial charge >= 0.3 is 0 Å². The third-order valence-electron chi connectivity index (χ3n) is 3.18. The van der Waals surface area contributed by atoms with Gasteiger partial charge in [-0.2, -0.15) is 5.10 Å². The summed E-state index contributed by atoms with van der Waals surface area (Å²) >= 11 is 0. The smallest absolute Gasteiger partial charge is 0.216 e. The number of halogens is 1. The maximum atomic E-state index is 14.2. The zero-order valence-corrected chi connectivity index (χ0v) is 12.4. The average molecular weight is 311 g/mol. The van der Waals surface area contributed by atoms with Crippen LogP contribution in [0.1, 0.15) is 17.2 Å². The van der Waals surface area contributed by atoms with Gasteiger partial charge in [-0.3, -0.25) is 15.4 Å². The molecule has 3 rings (SSSR count). The van der Waals surface area contributed by atoms with Crippen molar-refractivity contribution in [1.82, 2.24) is 30.0 Å². The standard InChI is InChI=1S/C15H14FN7/c1-10-20-15(22-21-10)14(17)23-6-2-3-12(16)13(23)5-4-11-7-18-9-19-8-11/h2-3,5-9,17H,4H2,1H3,(H,20,21,22)/b13-5+,17-14?. The number of amidine groups is 1. The largest absolute Gasteiger partial charge is 0.296 e. The number of hydrogen-bond acceptors (Lipinski definition) is 5. The van der Waals surface area contributed by atoms with Crippen LogP contribution in [-0.2, 0) is 6.42 Å². The summed E-state index contributed by atoms with van der Waals surface area (Å²) in [6.07, 6.45) is 11.4. The fourth-order valence-electron chi connectivity index (χ4n) is 2.09. The Kier molecular flexibility index (Phi) is 4.05. The predicted molar refractivity (Wildman–Crippen MR) is 81.9 cm³/mol. The normalized spacial score (nSPS) is 15.8. The first-order chi connectivity index (χ1) is 11.1. The van der Waals surface area contributed by atoms with E-state index in [1.54, 1.807) is 31.6 Å². The van der Waals surface area contributed by atoms with E-state index in [0.717, 1.165) is 5.56 Å². The molecule has 0 aliphatic carbocycles. The molecule has 116 valence electrons. The number of aromatic nitrogens is 5. The third-order valence-corrected chi connectivity index (χ3v) is 3.18. The first-order valence-electron chi connectivity index (χ1n) is 6.90. The monoisotopic (exact) mass is 311 g/mol. The van der Waals surface area contributed by atoms with E-state index in [9.17, 15) is 4.39 Å². The van der Waals surface area contributed by atoms with E-state index >= 15 is 0 Å². The Balaban J connectivity index is 1.87. The Hall–Kier alpha value is -3.16. The number of H-pyrrole nitrogens is 1. The van der Waals surface area contributed by atoms with Crippen molar-refractivity contribution < 1.29 is 4.39 Å². The van der Waals surface area contributed by atoms with Crippen molar-refractivity contribution in [1.29, 1.82) is 5.41 Å². The van der Waals surface area contributed by atoms with Crippen LogP contribution in [0.2, 0.25) is 0 Å². The van der Waals surface area contributed by atoms with Crippen molar-refractivity contribution in [2.24, 2.45) is 0 Å². The molecule has 7 nitrogen and oxygen atoms in total. The topological polar surface area (TPSA) is 94.4 Å². The molecule has 1 aliphatic rings. The number of nitrogens with zero attached hydrogens (tertiary/aromatic N) is 5. The Bertz CT molecular complexity index is 804. The van der Waals surface area contributed by atoms with E-state index in [1.807, 2.05) is 0 Å². The van der Waals surface area contributed by atoms with Crippen LogP contribution in [-0.4, -0.2) is 35.9 Å². The highest BCUT2D eigenvalue weighted by molar-refractivity contribution is 5.95. The molecule has 0 bridgehead atoms. The summed E-state index contributed by atoms with van der Waals surface area (Å²) in [5, 5.41) is 14.8. The minimum atomic E-state index is -0.429. The molecule has 8 heteroatoms. The SMILES string of the molecule is Cc1nc(C(=N)N2C=CC=C(F)/C2=C\Cc2cncnc2)n[nH]1. The van der Waals surface area contributed by atoms with Gasteiger partial charge in [0.15, 0.2) is 5.84 Å². The van der Waals surface area contributed by atoms with Crippen molar-refractivity contribution >= 4 is 5.84 Å². The molecule has 2 N–H and O–H groups in total. The maximum Gasteiger partial charge on any atom is 0.216 e. The summed E-state index contributed by atoms with van der Waals surface area (Å²) in [5.74, 6) is 0.357. The fourth-order valence-corrected chi connectivity index (χ4v) is 2.09. The van der Waals surface area contributed by atoms with Crippen molar-refractivity contribution in [3.8, 4) is 0 Å². The third kappa shape index (κ3) is 3.20. The molecule has 0 unspecified atom stereocenters. The molecule has 2 aromatic heterocycles. The van der Waals surface area contributed by atoms with Crippen LogP contribution in [0.5, 0.6) is 0 Å². The molecule has 2 aromatic rings. The fraction of sp³-hybridized carbons (Fsp3) is 0.133. The Morgan fingerprint density at radius 1 is 1.39 bits per heavy atom. The van der Waals surface area contributed by atoms with Gasteiger partial charge in [-0.05, 0) is 31.1 Å². The van der Waals surface area contributed by atoms with Crippen LogP contribution in [0.25, 0.3) is 0 Å². The van der Waals surface area contributed by atoms with E-state index in [2.05, 4.69) is 25.1 Å². The van der Waals surface area contributed by atoms with Gasteiger partial charge in [0.25, 0.3) is 0 Å². The van der Waals surface area contributed by atoms with Gasteiger partial charge in [-0.25, -0.2) is 19.3 Å². The minimum absolute atomic E-state index is 0.00980. The van der Waals surface area contributed by atoms with Crippen LogP contribution in [0.15, 0.2) is 54.7 Å². The molecule has 0 fully saturated rings. The molecule has 0 radical (unpaired) electrons. The van der Waals surface area contributed by atoms with E-state index in [4.69, 9.17) is 5.41 Å². The summed E-state index contributed by atoms with van der Waals surface area (Å²) in [6, 6.07) is 0. The van der Waals surface area contributed by atoms with Gasteiger partial charge in [-0.1, -0.05) is 6.08 Å². The van der Waals surface area contributed by atoms with Gasteiger partial charge < -0.3 is 0 Å². The lowest BCUT2D eigenvalue weighted by Gasteiger charge is -2.24. The minimum Gasteiger partial charge on any atom is -0.296 e. The van der Waals surface area contributed by atoms with Crippen molar-refractivity contribution in [2.45, 2.75) is 13.3 Å². The summed E-state index contributed by atoms with van der Waals surface area (Å²) in [6.45, 7) is 1.74. The number of aryl methyl sites for hydroxylation is 1. The zero-order valence-electron chi connectivity index (χ0n) is 12.4. The molecule has 23 heavy (non-hydrogen) atoms. The number of hydrogen-bond donors (Lipinski definition) is 2. The van der Waals surface area contributed by atoms with Crippen molar-refractivity contribution in [3.63, 3.8) is 0 Å². The van der Waals surface area contributed by atoms with E-state index in [-0.39, 0.29) is 17.4 Å². The second-order valence-corrected chi connectivity index (χ2v) is 4.86. The zero-order chi connectivity index (χ0) is 16.2. The predicted octanol–water partition coefficient (Wildman–Crippen LogP) is 2.04. The second-order valence-electron chi connectivity index (χ2n) is 4.86. The summed E-state index contributed by atoms with van der Waals surface area (Å²) in [7, 11) is 0. The van der Waals surface area contributed by atoms with Gasteiger partial charge in [0.1, 0.15) is 18.0 Å². The van der Waals surface area contributed by atoms with E-state index in [0.29, 0.717) is 12.2 Å². The molecule has 0 saturated heterocycles. The Morgan fingerprint density at radius 2 is 2.17 bits per heavy atom. The highest BCUT2D eigenvalue weighted by Gasteiger charge is 2.22. The van der Waals surface area contributed by atoms with E-state index < -0.39 is 5.83 Å². The molecular weight excluding hydrogens is 297 g/mol. The average Bonchev–Trinajstić information content (AvgIpc) is 3.00. The summed E-state index contributed by atoms with van der Waals surface area (Å²) in [5.41, 5.74) is 1.12. The first kappa shape index (κ1) is 14.8. The van der Waals surface area contributed by atoms with Gasteiger partial charge in [-0.15, -0.1) is 0 Å². The molecule has 1 aliphatic heterocycles. The molecule has 0 amide bonds. The molecule has 3 heterocycles. The highest BCUT2D eigenvalue weighted by Crippen LogP contribution is 2.23. The lowest BCUT2D eigenvalue weighted by molar-refractivity contribution is 0.561. The Morgan fingerprint density at radius 3 is 2.87 bits per heavy atom. The van der Waals surface area contributed by atoms with E-state index in [1.165, 1.54) is 23.4 Å². The van der Waals surface area contributed by atoms with Gasteiger partial charge in [0.2, 0.25) is 5.82 Å². The Labute approximate surface area is 131 Å². The summed E-state index contributed by atoms with van der Waals surface area (Å²) < 4.78 is 14.2. The second kappa shape index (κ2) is 6.30. The quantitative estimate of drug-likeness (QED) is 0.668. The van der Waals surface area contributed by atoms with Crippen molar-refractivity contribution in [3.05, 3.63) is 71.9 Å². The number of aromatic amines is 1. The van der Waals surface area contributed by atoms with Gasteiger partial charge in [0.05, 0.1) is 5.70 Å². The van der Waals surface area contributed by atoms with Gasteiger partial charge in [0, 0.05) is 18.6 Å². The highest BCUT2D eigenvalue weighted by atomic mass is 19.1. The summed E-state index contributed by atoms with van der Waals surface area (Å²) in [4.78, 5) is 13.4. The van der Waals surface area contributed by atoms with Crippen LogP contribution < -0.4 is 0 Å².